The van der Waals surface area contributed by atoms with Crippen LogP contribution in [0, 0.1) is 0 Å². The molecule has 0 radical (unpaired) electrons. The number of carbonyl (C=O) groups excluding carboxylic acids is 2. The van der Waals surface area contributed by atoms with Crippen LogP contribution in [0.1, 0.15) is 66.5 Å². The highest BCUT2D eigenvalue weighted by atomic mass is 32.2. The maximum atomic E-state index is 12.6. The van der Waals surface area contributed by atoms with Crippen LogP contribution in [0.5, 0.6) is 0 Å². The fourth-order valence-electron chi connectivity index (χ4n) is 2.68. The molecular formula is C23H29NO4S. The van der Waals surface area contributed by atoms with Crippen molar-refractivity contribution in [1.82, 2.24) is 5.32 Å². The van der Waals surface area contributed by atoms with Gasteiger partial charge >= 0.3 is 0 Å². The number of carbonyl (C=O) groups is 2. The minimum absolute atomic E-state index is 0.0356. The Bertz CT molecular complexity index is 984. The van der Waals surface area contributed by atoms with E-state index in [0.29, 0.717) is 16.7 Å². The number of amides is 1. The van der Waals surface area contributed by atoms with Gasteiger partial charge in [0.15, 0.2) is 15.6 Å². The summed E-state index contributed by atoms with van der Waals surface area (Å²) in [4.78, 5) is 24.7. The van der Waals surface area contributed by atoms with Crippen LogP contribution < -0.4 is 5.32 Å². The highest BCUT2D eigenvalue weighted by Crippen LogP contribution is 2.21. The molecule has 29 heavy (non-hydrogen) atoms. The van der Waals surface area contributed by atoms with Crippen molar-refractivity contribution in [3.63, 3.8) is 0 Å². The van der Waals surface area contributed by atoms with Crippen LogP contribution in [0.15, 0.2) is 48.5 Å². The van der Waals surface area contributed by atoms with E-state index in [-0.39, 0.29) is 29.9 Å². The molecule has 1 N–H and O–H groups in total. The van der Waals surface area contributed by atoms with E-state index in [1.165, 1.54) is 0 Å². The van der Waals surface area contributed by atoms with Gasteiger partial charge in [0.25, 0.3) is 5.91 Å². The van der Waals surface area contributed by atoms with Crippen LogP contribution in [0.25, 0.3) is 0 Å². The molecule has 0 aliphatic heterocycles. The largest absolute Gasteiger partial charge is 0.350 e. The average Bonchev–Trinajstić information content (AvgIpc) is 2.60. The molecule has 0 aliphatic rings. The Kier molecular flexibility index (Phi) is 7.01. The second-order valence-electron chi connectivity index (χ2n) is 8.50. The summed E-state index contributed by atoms with van der Waals surface area (Å²) in [6, 6.07) is 13.7. The van der Waals surface area contributed by atoms with Crippen molar-refractivity contribution in [3.8, 4) is 0 Å². The predicted octanol–water partition coefficient (Wildman–Crippen LogP) is 3.96. The summed E-state index contributed by atoms with van der Waals surface area (Å²) < 4.78 is 23.8. The Morgan fingerprint density at radius 1 is 0.931 bits per heavy atom. The smallest absolute Gasteiger partial charge is 0.251 e. The third kappa shape index (κ3) is 6.26. The van der Waals surface area contributed by atoms with E-state index in [2.05, 4.69) is 5.32 Å². The molecule has 5 nitrogen and oxygen atoms in total. The summed E-state index contributed by atoms with van der Waals surface area (Å²) in [5.41, 5.74) is 2.44. The van der Waals surface area contributed by atoms with E-state index in [0.717, 1.165) is 5.56 Å². The molecule has 2 aromatic carbocycles. The Morgan fingerprint density at radius 3 is 2.10 bits per heavy atom. The number of hydrogen-bond donors (Lipinski definition) is 1. The van der Waals surface area contributed by atoms with Gasteiger partial charge in [-0.05, 0) is 57.9 Å². The van der Waals surface area contributed by atoms with Crippen molar-refractivity contribution in [2.45, 2.75) is 57.6 Å². The summed E-state index contributed by atoms with van der Waals surface area (Å²) in [5, 5.41) is 2.83. The van der Waals surface area contributed by atoms with Gasteiger partial charge in [0.2, 0.25) is 0 Å². The number of ketones is 1. The molecule has 0 saturated heterocycles. The first-order valence-electron chi connectivity index (χ1n) is 9.63. The lowest BCUT2D eigenvalue weighted by molar-refractivity contribution is 0.0940. The number of benzene rings is 2. The minimum atomic E-state index is -3.28. The molecule has 0 aliphatic carbocycles. The molecule has 2 aromatic rings. The lowest BCUT2D eigenvalue weighted by Crippen LogP contribution is -2.30. The number of rotatable bonds is 7. The third-order valence-corrected chi connectivity index (χ3v) is 7.12. The quantitative estimate of drug-likeness (QED) is 0.694. The van der Waals surface area contributed by atoms with Crippen molar-refractivity contribution >= 4 is 21.5 Å². The molecule has 0 saturated carbocycles. The lowest BCUT2D eigenvalue weighted by Gasteiger charge is -2.19. The normalized spacial score (nSPS) is 12.1. The van der Waals surface area contributed by atoms with Crippen LogP contribution in [-0.2, 0) is 22.0 Å². The van der Waals surface area contributed by atoms with Gasteiger partial charge in [-0.25, -0.2) is 8.42 Å². The van der Waals surface area contributed by atoms with Gasteiger partial charge in [-0.1, -0.05) is 36.4 Å². The van der Waals surface area contributed by atoms with Gasteiger partial charge in [-0.15, -0.1) is 0 Å². The van der Waals surface area contributed by atoms with Crippen LogP contribution in [-0.4, -0.2) is 30.9 Å². The van der Waals surface area contributed by atoms with Crippen molar-refractivity contribution in [3.05, 3.63) is 70.8 Å². The number of hydrogen-bond acceptors (Lipinski definition) is 4. The van der Waals surface area contributed by atoms with Gasteiger partial charge in [-0.2, -0.15) is 0 Å². The fourth-order valence-corrected chi connectivity index (χ4v) is 3.74. The van der Waals surface area contributed by atoms with Gasteiger partial charge in [-0.3, -0.25) is 9.59 Å². The van der Waals surface area contributed by atoms with E-state index >= 15 is 0 Å². The zero-order valence-corrected chi connectivity index (χ0v) is 18.5. The van der Waals surface area contributed by atoms with Gasteiger partial charge in [0.1, 0.15) is 0 Å². The minimum Gasteiger partial charge on any atom is -0.350 e. The van der Waals surface area contributed by atoms with Crippen LogP contribution in [0.3, 0.4) is 0 Å². The topological polar surface area (TPSA) is 80.3 Å². The molecule has 0 bridgehead atoms. The lowest BCUT2D eigenvalue weighted by atomic mass is 10.0. The summed E-state index contributed by atoms with van der Waals surface area (Å²) in [6.07, 6.45) is 0.169. The number of nitrogens with one attached hydrogen (secondary N) is 1. The number of Topliss-reactive ketones (excluding diaryl/α,β-unsaturated/α-hetero) is 1. The zero-order chi connectivity index (χ0) is 21.8. The summed E-state index contributed by atoms with van der Waals surface area (Å²) in [5.74, 6) is -0.312. The first-order valence-corrected chi connectivity index (χ1v) is 11.3. The van der Waals surface area contributed by atoms with Gasteiger partial charge < -0.3 is 5.32 Å². The summed E-state index contributed by atoms with van der Waals surface area (Å²) in [6.45, 7) is 8.81. The Hall–Kier alpha value is -2.47. The van der Waals surface area contributed by atoms with E-state index in [1.807, 2.05) is 19.9 Å². The number of sulfone groups is 1. The van der Waals surface area contributed by atoms with Crippen molar-refractivity contribution < 1.29 is 18.0 Å². The Morgan fingerprint density at radius 2 is 1.55 bits per heavy atom. The third-order valence-electron chi connectivity index (χ3n) is 4.54. The molecule has 0 atom stereocenters. The van der Waals surface area contributed by atoms with Crippen LogP contribution in [0.4, 0.5) is 0 Å². The first kappa shape index (κ1) is 22.8. The van der Waals surface area contributed by atoms with Crippen molar-refractivity contribution in [1.29, 1.82) is 0 Å². The maximum Gasteiger partial charge on any atom is 0.251 e. The highest BCUT2D eigenvalue weighted by Gasteiger charge is 2.28. The fraction of sp³-hybridized carbons (Fsp3) is 0.391. The second kappa shape index (κ2) is 8.91. The molecule has 6 heteroatoms. The second-order valence-corrected chi connectivity index (χ2v) is 11.2. The molecule has 2 rings (SSSR count). The highest BCUT2D eigenvalue weighted by molar-refractivity contribution is 7.91. The Balaban J connectivity index is 2.09. The maximum absolute atomic E-state index is 12.6. The molecule has 0 heterocycles. The molecule has 0 unspecified atom stereocenters. The SMILES string of the molecule is CC(C)NC(=O)c1cccc(CC(=O)c2ccc(CS(=O)(=O)C(C)(C)C)cc2)c1. The Labute approximate surface area is 173 Å². The predicted molar refractivity (Wildman–Crippen MR) is 116 cm³/mol. The van der Waals surface area contributed by atoms with E-state index in [1.54, 1.807) is 63.2 Å². The molecule has 156 valence electrons. The van der Waals surface area contributed by atoms with Crippen molar-refractivity contribution in [2.24, 2.45) is 0 Å². The van der Waals surface area contributed by atoms with Crippen molar-refractivity contribution in [2.75, 3.05) is 0 Å². The molecule has 1 amide bonds. The first-order chi connectivity index (χ1) is 13.4. The van der Waals surface area contributed by atoms with E-state index in [4.69, 9.17) is 0 Å². The van der Waals surface area contributed by atoms with Gasteiger partial charge in [0.05, 0.1) is 10.5 Å². The zero-order valence-electron chi connectivity index (χ0n) is 17.7. The average molecular weight is 416 g/mol. The monoisotopic (exact) mass is 415 g/mol. The standard InChI is InChI=1S/C23H29NO4S/c1-16(2)24-22(26)20-8-6-7-18(13-20)14-21(25)19-11-9-17(10-12-19)15-29(27,28)23(3,4)5/h6-13,16H,14-15H2,1-5H3,(H,24,26). The van der Waals surface area contributed by atoms with E-state index < -0.39 is 14.6 Å². The van der Waals surface area contributed by atoms with Gasteiger partial charge in [0, 0.05) is 23.6 Å². The molecule has 0 spiro atoms. The van der Waals surface area contributed by atoms with Crippen LogP contribution in [0.2, 0.25) is 0 Å². The molecule has 0 aromatic heterocycles. The molecule has 0 fully saturated rings. The van der Waals surface area contributed by atoms with Crippen LogP contribution >= 0.6 is 0 Å². The summed E-state index contributed by atoms with van der Waals surface area (Å²) in [7, 11) is -3.28. The summed E-state index contributed by atoms with van der Waals surface area (Å²) >= 11 is 0. The van der Waals surface area contributed by atoms with E-state index in [9.17, 15) is 18.0 Å². The molecular weight excluding hydrogens is 386 g/mol.